The van der Waals surface area contributed by atoms with E-state index in [4.69, 9.17) is 11.6 Å². The Morgan fingerprint density at radius 3 is 1.96 bits per heavy atom. The second kappa shape index (κ2) is 3.79. The van der Waals surface area contributed by atoms with E-state index in [1.54, 1.807) is 0 Å². The third kappa shape index (κ3) is 1.20. The Hall–Kier alpha value is -2.71. The molecule has 3 aromatic carbocycles. The summed E-state index contributed by atoms with van der Waals surface area (Å²) in [6.07, 6.45) is 0. The van der Waals surface area contributed by atoms with Crippen LogP contribution in [0.3, 0.4) is 0 Å². The molecule has 0 aliphatic rings. The van der Waals surface area contributed by atoms with Crippen LogP contribution in [0.5, 0.6) is 0 Å². The molecule has 0 fully saturated rings. The van der Waals surface area contributed by atoms with E-state index in [0.717, 1.165) is 16.1 Å². The average molecular weight is 315 g/mol. The minimum absolute atomic E-state index is 0.790. The van der Waals surface area contributed by atoms with Gasteiger partial charge in [-0.25, -0.2) is 0 Å². The zero-order chi connectivity index (χ0) is 15.1. The molecule has 0 bridgehead atoms. The van der Waals surface area contributed by atoms with Crippen molar-refractivity contribution in [1.29, 1.82) is 0 Å². The summed E-state index contributed by atoms with van der Waals surface area (Å²) < 4.78 is 4.65. The van der Waals surface area contributed by atoms with E-state index < -0.39 is 0 Å². The number of rotatable bonds is 0. The molecule has 0 spiro atoms. The van der Waals surface area contributed by atoms with Crippen molar-refractivity contribution in [2.75, 3.05) is 0 Å². The first kappa shape index (κ1) is 11.8. The number of nitrogens with zero attached hydrogens (tertiary/aromatic N) is 2. The van der Waals surface area contributed by atoms with Crippen LogP contribution in [0.2, 0.25) is 5.02 Å². The molecule has 3 aromatic heterocycles. The number of hydrogen-bond acceptors (Lipinski definition) is 0. The maximum atomic E-state index is 6.58. The van der Waals surface area contributed by atoms with Gasteiger partial charge in [-0.1, -0.05) is 54.1 Å². The average Bonchev–Trinajstić information content (AvgIpc) is 3.19. The predicted octanol–water partition coefficient (Wildman–Crippen LogP) is 5.74. The second-order valence-electron chi connectivity index (χ2n) is 6.01. The monoisotopic (exact) mass is 314 g/mol. The lowest BCUT2D eigenvalue weighted by molar-refractivity contribution is 1.28. The first-order valence-electron chi connectivity index (χ1n) is 7.68. The highest BCUT2D eigenvalue weighted by atomic mass is 35.5. The molecule has 6 aromatic rings. The number of benzene rings is 3. The van der Waals surface area contributed by atoms with E-state index in [1.807, 2.05) is 12.1 Å². The molecule has 0 saturated heterocycles. The van der Waals surface area contributed by atoms with Gasteiger partial charge >= 0.3 is 0 Å². The summed E-state index contributed by atoms with van der Waals surface area (Å²) in [5, 5.41) is 4.67. The standard InChI is InChI=1S/C20H11ClN2/c21-14-8-5-11-17-19(14)23-16-10-4-2-7-13(16)18-12-6-1-3-9-15(12)22(17)20(18)23/h1-11H. The molecule has 0 aliphatic heterocycles. The predicted molar refractivity (Wildman–Crippen MR) is 97.1 cm³/mol. The Balaban J connectivity index is 2.17. The number of fused-ring (bicyclic) bond motifs is 9. The highest BCUT2D eigenvalue weighted by molar-refractivity contribution is 6.36. The number of para-hydroxylation sites is 3. The van der Waals surface area contributed by atoms with E-state index in [2.05, 4.69) is 63.4 Å². The van der Waals surface area contributed by atoms with Gasteiger partial charge in [-0.05, 0) is 24.3 Å². The Kier molecular flexibility index (Phi) is 1.94. The molecule has 0 N–H and O–H groups in total. The van der Waals surface area contributed by atoms with Gasteiger partial charge in [-0.15, -0.1) is 0 Å². The summed E-state index contributed by atoms with van der Waals surface area (Å²) in [4.78, 5) is 0. The van der Waals surface area contributed by atoms with Crippen molar-refractivity contribution in [2.24, 2.45) is 0 Å². The fourth-order valence-electron chi connectivity index (χ4n) is 4.07. The molecule has 6 rings (SSSR count). The molecule has 3 heterocycles. The first-order valence-corrected chi connectivity index (χ1v) is 8.06. The second-order valence-corrected chi connectivity index (χ2v) is 6.42. The van der Waals surface area contributed by atoms with Gasteiger partial charge in [0.15, 0.2) is 0 Å². The molecular weight excluding hydrogens is 304 g/mol. The molecule has 108 valence electrons. The van der Waals surface area contributed by atoms with Gasteiger partial charge < -0.3 is 0 Å². The van der Waals surface area contributed by atoms with Crippen molar-refractivity contribution in [3.63, 3.8) is 0 Å². The van der Waals surface area contributed by atoms with Gasteiger partial charge in [-0.2, -0.15) is 0 Å². The fourth-order valence-corrected chi connectivity index (χ4v) is 4.33. The molecular formula is C20H11ClN2. The van der Waals surface area contributed by atoms with Crippen LogP contribution in [0.15, 0.2) is 66.7 Å². The molecule has 0 atom stereocenters. The van der Waals surface area contributed by atoms with Gasteiger partial charge in [0, 0.05) is 16.2 Å². The molecule has 2 nitrogen and oxygen atoms in total. The van der Waals surface area contributed by atoms with E-state index in [1.165, 1.54) is 32.8 Å². The van der Waals surface area contributed by atoms with Crippen molar-refractivity contribution in [3.05, 3.63) is 71.8 Å². The molecule has 0 aliphatic carbocycles. The SMILES string of the molecule is Clc1cccc2c1n1c3ccccc3c3c4ccccc4n2c31. The quantitative estimate of drug-likeness (QED) is 0.338. The lowest BCUT2D eigenvalue weighted by atomic mass is 10.1. The lowest BCUT2D eigenvalue weighted by Crippen LogP contribution is -1.80. The molecule has 0 amide bonds. The Morgan fingerprint density at radius 2 is 1.22 bits per heavy atom. The number of hydrogen-bond donors (Lipinski definition) is 0. The summed E-state index contributed by atoms with van der Waals surface area (Å²) >= 11 is 6.58. The van der Waals surface area contributed by atoms with Crippen LogP contribution in [0, 0.1) is 0 Å². The molecule has 0 radical (unpaired) electrons. The highest BCUT2D eigenvalue weighted by Gasteiger charge is 2.22. The van der Waals surface area contributed by atoms with Crippen LogP contribution in [-0.2, 0) is 0 Å². The highest BCUT2D eigenvalue weighted by Crippen LogP contribution is 2.42. The number of halogens is 1. The summed E-state index contributed by atoms with van der Waals surface area (Å²) in [7, 11) is 0. The smallest absolute Gasteiger partial charge is 0.131 e. The molecule has 3 heteroatoms. The molecule has 23 heavy (non-hydrogen) atoms. The van der Waals surface area contributed by atoms with Crippen LogP contribution in [-0.4, -0.2) is 8.80 Å². The third-order valence-corrected chi connectivity index (χ3v) is 5.21. The normalized spacial score (nSPS) is 12.6. The Labute approximate surface area is 136 Å². The topological polar surface area (TPSA) is 8.82 Å². The van der Waals surface area contributed by atoms with Crippen LogP contribution in [0.25, 0.3) is 43.9 Å². The minimum atomic E-state index is 0.790. The Bertz CT molecular complexity index is 1360. The van der Waals surface area contributed by atoms with E-state index in [0.29, 0.717) is 0 Å². The van der Waals surface area contributed by atoms with E-state index in [9.17, 15) is 0 Å². The van der Waals surface area contributed by atoms with Gasteiger partial charge in [-0.3, -0.25) is 8.80 Å². The summed E-state index contributed by atoms with van der Waals surface area (Å²) in [5.74, 6) is 0. The van der Waals surface area contributed by atoms with Crippen molar-refractivity contribution in [1.82, 2.24) is 8.80 Å². The first-order chi connectivity index (χ1) is 11.4. The zero-order valence-corrected chi connectivity index (χ0v) is 12.9. The van der Waals surface area contributed by atoms with Gasteiger partial charge in [0.25, 0.3) is 0 Å². The van der Waals surface area contributed by atoms with Gasteiger partial charge in [0.2, 0.25) is 0 Å². The van der Waals surface area contributed by atoms with Crippen LogP contribution >= 0.6 is 11.6 Å². The fraction of sp³-hybridized carbons (Fsp3) is 0. The molecule has 0 unspecified atom stereocenters. The van der Waals surface area contributed by atoms with E-state index >= 15 is 0 Å². The van der Waals surface area contributed by atoms with Gasteiger partial charge in [0.1, 0.15) is 5.65 Å². The van der Waals surface area contributed by atoms with Crippen molar-refractivity contribution >= 4 is 55.5 Å². The van der Waals surface area contributed by atoms with Crippen LogP contribution in [0.4, 0.5) is 0 Å². The maximum Gasteiger partial charge on any atom is 0.131 e. The summed E-state index contributed by atoms with van der Waals surface area (Å²) in [5.41, 5.74) is 5.91. The van der Waals surface area contributed by atoms with Crippen molar-refractivity contribution < 1.29 is 0 Å². The zero-order valence-electron chi connectivity index (χ0n) is 12.1. The summed E-state index contributed by atoms with van der Waals surface area (Å²) in [6, 6.07) is 23.3. The lowest BCUT2D eigenvalue weighted by Gasteiger charge is -1.97. The van der Waals surface area contributed by atoms with Crippen molar-refractivity contribution in [3.8, 4) is 0 Å². The molecule has 0 saturated carbocycles. The van der Waals surface area contributed by atoms with Crippen LogP contribution in [0.1, 0.15) is 0 Å². The summed E-state index contributed by atoms with van der Waals surface area (Å²) in [6.45, 7) is 0. The van der Waals surface area contributed by atoms with Gasteiger partial charge in [0.05, 0.1) is 27.1 Å². The number of aromatic nitrogens is 2. The Morgan fingerprint density at radius 1 is 0.609 bits per heavy atom. The van der Waals surface area contributed by atoms with Crippen molar-refractivity contribution in [2.45, 2.75) is 0 Å². The minimum Gasteiger partial charge on any atom is -0.293 e. The third-order valence-electron chi connectivity index (χ3n) is 4.91. The van der Waals surface area contributed by atoms with E-state index in [-0.39, 0.29) is 0 Å². The maximum absolute atomic E-state index is 6.58. The number of imidazole rings is 1. The van der Waals surface area contributed by atoms with Crippen LogP contribution < -0.4 is 0 Å². The largest absolute Gasteiger partial charge is 0.293 e.